The van der Waals surface area contributed by atoms with E-state index in [1.165, 1.54) is 16.3 Å². The number of nitrogens with two attached hydrogens (primary N) is 2. The number of benzene rings is 1. The van der Waals surface area contributed by atoms with Crippen LogP contribution in [0.3, 0.4) is 0 Å². The van der Waals surface area contributed by atoms with E-state index in [9.17, 15) is 19.8 Å². The highest BCUT2D eigenvalue weighted by Crippen LogP contribution is 2.32. The summed E-state index contributed by atoms with van der Waals surface area (Å²) in [5.74, 6) is -0.245. The zero-order valence-electron chi connectivity index (χ0n) is 14.8. The second-order valence-corrected chi connectivity index (χ2v) is 7.67. The summed E-state index contributed by atoms with van der Waals surface area (Å²) in [4.78, 5) is 26.9. The predicted octanol–water partition coefficient (Wildman–Crippen LogP) is -0.867. The molecular weight excluding hydrogens is 388 g/mol. The number of ether oxygens (including phenoxy) is 1. The van der Waals surface area contributed by atoms with Gasteiger partial charge in [0.25, 0.3) is 0 Å². The lowest BCUT2D eigenvalue weighted by molar-refractivity contribution is -0.138. The second kappa shape index (κ2) is 8.45. The molecule has 3 rings (SSSR count). The Morgan fingerprint density at radius 2 is 2.04 bits per heavy atom. The molecule has 1 aromatic heterocycles. The lowest BCUT2D eigenvalue weighted by atomic mass is 10.1. The maximum Gasteiger partial charge on any atom is 0.352 e. The molecule has 0 spiro atoms. The number of aliphatic carboxylic acids is 1. The van der Waals surface area contributed by atoms with E-state index in [0.29, 0.717) is 22.4 Å². The van der Waals surface area contributed by atoms with Gasteiger partial charge in [0, 0.05) is 11.1 Å². The Bertz CT molecular complexity index is 922. The van der Waals surface area contributed by atoms with E-state index in [4.69, 9.17) is 21.3 Å². The summed E-state index contributed by atoms with van der Waals surface area (Å²) in [6, 6.07) is 5.87. The summed E-state index contributed by atoms with van der Waals surface area (Å²) in [5.41, 5.74) is 11.0. The van der Waals surface area contributed by atoms with Crippen molar-refractivity contribution >= 4 is 34.5 Å². The topological polar surface area (TPSA) is 174 Å². The Labute approximate surface area is 164 Å². The van der Waals surface area contributed by atoms with Crippen LogP contribution in [-0.2, 0) is 9.53 Å². The Kier molecular flexibility index (Phi) is 6.20. The van der Waals surface area contributed by atoms with Gasteiger partial charge in [0.15, 0.2) is 6.23 Å². The van der Waals surface area contributed by atoms with E-state index < -0.39 is 42.2 Å². The van der Waals surface area contributed by atoms with Crippen LogP contribution in [0, 0.1) is 0 Å². The summed E-state index contributed by atoms with van der Waals surface area (Å²) in [6.45, 7) is 0. The number of carboxylic acid groups (broad SMARTS) is 1. The van der Waals surface area contributed by atoms with E-state index in [1.54, 1.807) is 24.3 Å². The van der Waals surface area contributed by atoms with Gasteiger partial charge in [-0.2, -0.15) is 16.7 Å². The first-order valence-electron chi connectivity index (χ1n) is 8.65. The van der Waals surface area contributed by atoms with Crippen LogP contribution in [0.5, 0.6) is 0 Å². The van der Waals surface area contributed by atoms with Crippen LogP contribution in [0.4, 0.5) is 5.82 Å². The van der Waals surface area contributed by atoms with Crippen LogP contribution in [0.2, 0.25) is 0 Å². The van der Waals surface area contributed by atoms with Gasteiger partial charge < -0.3 is 31.5 Å². The summed E-state index contributed by atoms with van der Waals surface area (Å²) in [5, 5.41) is 30.1. The van der Waals surface area contributed by atoms with Crippen LogP contribution >= 0.6 is 11.8 Å². The largest absolute Gasteiger partial charge is 0.480 e. The third kappa shape index (κ3) is 3.98. The average Bonchev–Trinajstić information content (AvgIpc) is 2.93. The summed E-state index contributed by atoms with van der Waals surface area (Å²) >= 11 is 1.35. The van der Waals surface area contributed by atoms with Crippen molar-refractivity contribution in [2.24, 2.45) is 5.73 Å². The van der Waals surface area contributed by atoms with Gasteiger partial charge in [-0.15, -0.1) is 0 Å². The molecule has 1 aliphatic heterocycles. The summed E-state index contributed by atoms with van der Waals surface area (Å²) in [7, 11) is 0. The number of thioether (sulfide) groups is 1. The maximum absolute atomic E-state index is 12.4. The minimum absolute atomic E-state index is 0.0757. The Balaban J connectivity index is 1.76. The lowest BCUT2D eigenvalue weighted by Gasteiger charge is -2.20. The van der Waals surface area contributed by atoms with E-state index in [2.05, 4.69) is 4.98 Å². The van der Waals surface area contributed by atoms with Gasteiger partial charge in [-0.05, 0) is 24.3 Å². The van der Waals surface area contributed by atoms with Gasteiger partial charge in [-0.25, -0.2) is 4.79 Å². The number of nitrogen functional groups attached to an aromatic ring is 1. The van der Waals surface area contributed by atoms with Crippen LogP contribution in [0.15, 0.2) is 29.1 Å². The highest BCUT2D eigenvalue weighted by molar-refractivity contribution is 7.99. The fourth-order valence-corrected chi connectivity index (χ4v) is 4.18. The Morgan fingerprint density at radius 1 is 1.32 bits per heavy atom. The highest BCUT2D eigenvalue weighted by Gasteiger charge is 2.44. The number of nitrogens with zero attached hydrogens (tertiary/aromatic N) is 2. The molecule has 2 aromatic rings. The third-order valence-corrected chi connectivity index (χ3v) is 5.71. The molecule has 152 valence electrons. The van der Waals surface area contributed by atoms with Crippen molar-refractivity contribution in [3.05, 3.63) is 34.7 Å². The van der Waals surface area contributed by atoms with Crippen molar-refractivity contribution in [3.8, 4) is 0 Å². The zero-order chi connectivity index (χ0) is 20.4. The molecule has 0 aliphatic carbocycles. The van der Waals surface area contributed by atoms with Gasteiger partial charge in [0.1, 0.15) is 24.1 Å². The van der Waals surface area contributed by atoms with E-state index >= 15 is 0 Å². The molecule has 0 unspecified atom stereocenters. The first kappa shape index (κ1) is 20.6. The molecular formula is C17H22N4O6S. The molecule has 0 saturated carbocycles. The Hall–Kier alpha value is -2.18. The molecule has 5 atom stereocenters. The van der Waals surface area contributed by atoms with E-state index in [0.717, 1.165) is 0 Å². The third-order valence-electron chi connectivity index (χ3n) is 4.63. The molecule has 0 bridgehead atoms. The van der Waals surface area contributed by atoms with Gasteiger partial charge in [0.05, 0.1) is 11.6 Å². The van der Waals surface area contributed by atoms with Crippen LogP contribution in [0.1, 0.15) is 12.6 Å². The van der Waals surface area contributed by atoms with Crippen molar-refractivity contribution in [1.82, 2.24) is 9.55 Å². The predicted molar refractivity (Wildman–Crippen MR) is 104 cm³/mol. The first-order valence-corrected chi connectivity index (χ1v) is 9.81. The second-order valence-electron chi connectivity index (χ2n) is 6.52. The fourth-order valence-electron chi connectivity index (χ4n) is 3.08. The number of aromatic nitrogens is 2. The smallest absolute Gasteiger partial charge is 0.352 e. The molecule has 1 aliphatic rings. The number of para-hydroxylation sites is 1. The molecule has 7 N–H and O–H groups in total. The quantitative estimate of drug-likeness (QED) is 0.361. The molecule has 28 heavy (non-hydrogen) atoms. The molecule has 11 heteroatoms. The average molecular weight is 410 g/mol. The molecule has 0 amide bonds. The number of hydrogen-bond acceptors (Lipinski definition) is 9. The molecule has 1 saturated heterocycles. The standard InChI is InChI=1S/C17H22N4O6S/c18-9(16(24)25)5-6-28-7-11-12(22)13(23)15(27-11)21-10-4-2-1-3-8(10)14(19)20-17(21)26/h1-4,9,11-13,15,22-23H,5-7,18H2,(H,24,25)(H2,19,20,26)/t9-,11+,12+,13+,15+/m0/s1. The minimum Gasteiger partial charge on any atom is -0.480 e. The molecule has 10 nitrogen and oxygen atoms in total. The number of hydrogen-bond donors (Lipinski definition) is 5. The number of fused-ring (bicyclic) bond motifs is 1. The normalized spacial score (nSPS) is 25.8. The number of carboxylic acids is 1. The number of anilines is 1. The zero-order valence-corrected chi connectivity index (χ0v) is 15.7. The molecule has 0 radical (unpaired) electrons. The number of carbonyl (C=O) groups is 1. The fraction of sp³-hybridized carbons (Fsp3) is 0.471. The number of aliphatic hydroxyl groups excluding tert-OH is 2. The van der Waals surface area contributed by atoms with Gasteiger partial charge in [-0.3, -0.25) is 9.36 Å². The molecule has 2 heterocycles. The van der Waals surface area contributed by atoms with Gasteiger partial charge in [0.2, 0.25) is 0 Å². The first-order chi connectivity index (χ1) is 13.3. The lowest BCUT2D eigenvalue weighted by Crippen LogP contribution is -2.36. The van der Waals surface area contributed by atoms with Crippen molar-refractivity contribution in [1.29, 1.82) is 0 Å². The Morgan fingerprint density at radius 3 is 2.75 bits per heavy atom. The number of rotatable bonds is 7. The van der Waals surface area contributed by atoms with Crippen molar-refractivity contribution < 1.29 is 24.9 Å². The van der Waals surface area contributed by atoms with Gasteiger partial charge >= 0.3 is 11.7 Å². The minimum atomic E-state index is -1.33. The van der Waals surface area contributed by atoms with Gasteiger partial charge in [-0.1, -0.05) is 12.1 Å². The van der Waals surface area contributed by atoms with Crippen LogP contribution < -0.4 is 17.2 Å². The van der Waals surface area contributed by atoms with Crippen molar-refractivity contribution in [3.63, 3.8) is 0 Å². The van der Waals surface area contributed by atoms with Crippen molar-refractivity contribution in [2.75, 3.05) is 17.2 Å². The SMILES string of the molecule is Nc1nc(=O)n([C@@H]2O[C@H](CSCC[C@H](N)C(=O)O)[C@@H](O)[C@H]2O)c2ccccc12. The van der Waals surface area contributed by atoms with E-state index in [1.807, 2.05) is 0 Å². The number of aliphatic hydroxyl groups is 2. The van der Waals surface area contributed by atoms with Crippen LogP contribution in [-0.4, -0.2) is 66.7 Å². The van der Waals surface area contributed by atoms with E-state index in [-0.39, 0.29) is 12.2 Å². The maximum atomic E-state index is 12.4. The summed E-state index contributed by atoms with van der Waals surface area (Å²) < 4.78 is 6.95. The molecule has 1 aromatic carbocycles. The monoisotopic (exact) mass is 410 g/mol. The molecule has 1 fully saturated rings. The van der Waals surface area contributed by atoms with Crippen LogP contribution in [0.25, 0.3) is 10.9 Å². The highest BCUT2D eigenvalue weighted by atomic mass is 32.2. The van der Waals surface area contributed by atoms with Crippen molar-refractivity contribution in [2.45, 2.75) is 37.0 Å². The summed E-state index contributed by atoms with van der Waals surface area (Å²) in [6.07, 6.45) is -4.14.